The van der Waals surface area contributed by atoms with Crippen molar-refractivity contribution in [3.63, 3.8) is 0 Å². The summed E-state index contributed by atoms with van der Waals surface area (Å²) in [5, 5.41) is 1.72. The monoisotopic (exact) mass is 385 g/mol. The van der Waals surface area contributed by atoms with Gasteiger partial charge in [0.05, 0.1) is 21.7 Å². The van der Waals surface area contributed by atoms with Crippen LogP contribution in [-0.4, -0.2) is 19.5 Å². The third-order valence-electron chi connectivity index (χ3n) is 4.87. The quantitative estimate of drug-likeness (QED) is 0.430. The average molecular weight is 386 g/mol. The minimum absolute atomic E-state index is 0.578. The van der Waals surface area contributed by atoms with Gasteiger partial charge >= 0.3 is 0 Å². The highest BCUT2D eigenvalue weighted by atomic mass is 35.5. The number of halogens is 1. The SMILES string of the molecule is Cn1ccc2cc(-c3nc4ccc(N)cc4nc3-c3cnccc3Cl)ccc21. The Morgan fingerprint density at radius 3 is 2.64 bits per heavy atom. The number of fused-ring (bicyclic) bond motifs is 2. The Morgan fingerprint density at radius 1 is 0.929 bits per heavy atom. The van der Waals surface area contributed by atoms with Gasteiger partial charge < -0.3 is 10.3 Å². The molecule has 3 aromatic heterocycles. The van der Waals surface area contributed by atoms with Gasteiger partial charge in [-0.3, -0.25) is 4.98 Å². The second kappa shape index (κ2) is 6.32. The highest BCUT2D eigenvalue weighted by Gasteiger charge is 2.16. The van der Waals surface area contributed by atoms with E-state index in [2.05, 4.69) is 33.8 Å². The minimum atomic E-state index is 0.578. The van der Waals surface area contributed by atoms with Gasteiger partial charge in [-0.25, -0.2) is 9.97 Å². The predicted octanol–water partition coefficient (Wildman–Crippen LogP) is 5.09. The lowest BCUT2D eigenvalue weighted by Gasteiger charge is -2.12. The number of hydrogen-bond donors (Lipinski definition) is 1. The molecule has 5 rings (SSSR count). The van der Waals surface area contributed by atoms with Crippen molar-refractivity contribution in [1.29, 1.82) is 0 Å². The first-order chi connectivity index (χ1) is 13.6. The topological polar surface area (TPSA) is 69.6 Å². The zero-order valence-corrected chi connectivity index (χ0v) is 15.9. The second-order valence-electron chi connectivity index (χ2n) is 6.72. The summed E-state index contributed by atoms with van der Waals surface area (Å²) in [6, 6.07) is 15.7. The molecule has 2 N–H and O–H groups in total. The molecule has 5 nitrogen and oxygen atoms in total. The molecule has 6 heteroatoms. The van der Waals surface area contributed by atoms with Gasteiger partial charge in [-0.15, -0.1) is 0 Å². The number of anilines is 1. The molecule has 0 amide bonds. The Bertz CT molecular complexity index is 1360. The van der Waals surface area contributed by atoms with Gasteiger partial charge in [0, 0.05) is 53.4 Å². The van der Waals surface area contributed by atoms with E-state index in [4.69, 9.17) is 27.3 Å². The fourth-order valence-electron chi connectivity index (χ4n) is 3.44. The summed E-state index contributed by atoms with van der Waals surface area (Å²) in [4.78, 5) is 14.0. The zero-order valence-electron chi connectivity index (χ0n) is 15.1. The van der Waals surface area contributed by atoms with E-state index >= 15 is 0 Å². The van der Waals surface area contributed by atoms with Crippen LogP contribution in [-0.2, 0) is 7.05 Å². The third kappa shape index (κ3) is 2.68. The molecule has 0 aliphatic heterocycles. The third-order valence-corrected chi connectivity index (χ3v) is 5.20. The van der Waals surface area contributed by atoms with E-state index in [1.807, 2.05) is 31.4 Å². The maximum absolute atomic E-state index is 6.46. The molecule has 3 heterocycles. The Balaban J connectivity index is 1.83. The fraction of sp³-hybridized carbons (Fsp3) is 0.0455. The Morgan fingerprint density at radius 2 is 1.79 bits per heavy atom. The predicted molar refractivity (Wildman–Crippen MR) is 114 cm³/mol. The number of benzene rings is 2. The van der Waals surface area contributed by atoms with Crippen LogP contribution in [0.15, 0.2) is 67.1 Å². The first kappa shape index (κ1) is 16.7. The normalized spacial score (nSPS) is 11.4. The lowest BCUT2D eigenvalue weighted by atomic mass is 10.0. The number of nitrogens with zero attached hydrogens (tertiary/aromatic N) is 4. The maximum atomic E-state index is 6.46. The number of aryl methyl sites for hydroxylation is 1. The van der Waals surface area contributed by atoms with Crippen LogP contribution in [0.25, 0.3) is 44.5 Å². The fourth-order valence-corrected chi connectivity index (χ4v) is 3.64. The van der Waals surface area contributed by atoms with Gasteiger partial charge in [0.25, 0.3) is 0 Å². The molecule has 0 aliphatic rings. The zero-order chi connectivity index (χ0) is 19.3. The second-order valence-corrected chi connectivity index (χ2v) is 7.13. The first-order valence-electron chi connectivity index (χ1n) is 8.83. The molecule has 28 heavy (non-hydrogen) atoms. The van der Waals surface area contributed by atoms with Crippen LogP contribution in [0, 0.1) is 0 Å². The molecule has 0 saturated heterocycles. The van der Waals surface area contributed by atoms with Crippen molar-refractivity contribution in [3.05, 3.63) is 72.1 Å². The van der Waals surface area contributed by atoms with Crippen molar-refractivity contribution in [2.45, 2.75) is 0 Å². The first-order valence-corrected chi connectivity index (χ1v) is 9.20. The molecular formula is C22H16ClN5. The van der Waals surface area contributed by atoms with Crippen LogP contribution < -0.4 is 5.73 Å². The number of hydrogen-bond acceptors (Lipinski definition) is 4. The molecule has 0 fully saturated rings. The van der Waals surface area contributed by atoms with Gasteiger partial charge in [-0.1, -0.05) is 17.7 Å². The van der Waals surface area contributed by atoms with Crippen molar-refractivity contribution in [2.75, 3.05) is 5.73 Å². The molecule has 0 spiro atoms. The minimum Gasteiger partial charge on any atom is -0.399 e. The van der Waals surface area contributed by atoms with Crippen molar-refractivity contribution < 1.29 is 0 Å². The molecule has 0 unspecified atom stereocenters. The largest absolute Gasteiger partial charge is 0.399 e. The van der Waals surface area contributed by atoms with Crippen molar-refractivity contribution in [3.8, 4) is 22.5 Å². The molecule has 0 saturated carbocycles. The summed E-state index contributed by atoms with van der Waals surface area (Å²) in [6.45, 7) is 0. The van der Waals surface area contributed by atoms with Crippen LogP contribution >= 0.6 is 11.6 Å². The number of rotatable bonds is 2. The average Bonchev–Trinajstić information content (AvgIpc) is 3.07. The number of pyridine rings is 1. The van der Waals surface area contributed by atoms with Gasteiger partial charge in [-0.2, -0.15) is 0 Å². The molecule has 136 valence electrons. The molecular weight excluding hydrogens is 370 g/mol. The molecule has 0 radical (unpaired) electrons. The van der Waals surface area contributed by atoms with E-state index in [-0.39, 0.29) is 0 Å². The number of nitrogen functional groups attached to an aromatic ring is 1. The number of aromatic nitrogens is 4. The van der Waals surface area contributed by atoms with Crippen LogP contribution in [0.2, 0.25) is 5.02 Å². The van der Waals surface area contributed by atoms with E-state index in [0.717, 1.165) is 38.8 Å². The molecule has 2 aromatic carbocycles. The standard InChI is InChI=1S/C22H16ClN5/c1-28-9-7-13-10-14(2-5-20(13)28)21-22(16-12-25-8-6-17(16)23)27-19-11-15(24)3-4-18(19)26-21/h2-12H,24H2,1H3. The summed E-state index contributed by atoms with van der Waals surface area (Å²) in [5.74, 6) is 0. The summed E-state index contributed by atoms with van der Waals surface area (Å²) in [5.41, 5.74) is 12.4. The summed E-state index contributed by atoms with van der Waals surface area (Å²) in [6.07, 6.45) is 5.42. The van der Waals surface area contributed by atoms with Crippen LogP contribution in [0.1, 0.15) is 0 Å². The van der Waals surface area contributed by atoms with E-state index in [1.54, 1.807) is 18.5 Å². The summed E-state index contributed by atoms with van der Waals surface area (Å²) >= 11 is 6.46. The van der Waals surface area contributed by atoms with Crippen molar-refractivity contribution in [1.82, 2.24) is 19.5 Å². The van der Waals surface area contributed by atoms with Crippen molar-refractivity contribution >= 4 is 39.2 Å². The Hall–Kier alpha value is -3.44. The summed E-state index contributed by atoms with van der Waals surface area (Å²) in [7, 11) is 2.03. The van der Waals surface area contributed by atoms with Crippen LogP contribution in [0.3, 0.4) is 0 Å². The van der Waals surface area contributed by atoms with Gasteiger partial charge in [0.15, 0.2) is 0 Å². The van der Waals surface area contributed by atoms with Crippen molar-refractivity contribution in [2.24, 2.45) is 7.05 Å². The molecule has 0 aliphatic carbocycles. The summed E-state index contributed by atoms with van der Waals surface area (Å²) < 4.78 is 2.09. The van der Waals surface area contributed by atoms with E-state index in [0.29, 0.717) is 16.4 Å². The van der Waals surface area contributed by atoms with Crippen LogP contribution in [0.5, 0.6) is 0 Å². The molecule has 0 bridgehead atoms. The molecule has 5 aromatic rings. The highest BCUT2D eigenvalue weighted by Crippen LogP contribution is 2.35. The van der Waals surface area contributed by atoms with Gasteiger partial charge in [0.1, 0.15) is 5.69 Å². The van der Waals surface area contributed by atoms with E-state index in [1.165, 1.54) is 0 Å². The van der Waals surface area contributed by atoms with E-state index in [9.17, 15) is 0 Å². The smallest absolute Gasteiger partial charge is 0.100 e. The lowest BCUT2D eigenvalue weighted by molar-refractivity contribution is 0.969. The highest BCUT2D eigenvalue weighted by molar-refractivity contribution is 6.33. The Kier molecular flexibility index (Phi) is 3.77. The molecule has 0 atom stereocenters. The Labute approximate surface area is 166 Å². The number of nitrogens with two attached hydrogens (primary N) is 1. The van der Waals surface area contributed by atoms with Gasteiger partial charge in [0.2, 0.25) is 0 Å². The van der Waals surface area contributed by atoms with E-state index < -0.39 is 0 Å². The maximum Gasteiger partial charge on any atom is 0.100 e. The van der Waals surface area contributed by atoms with Gasteiger partial charge in [-0.05, 0) is 42.5 Å². The van der Waals surface area contributed by atoms with Crippen LogP contribution in [0.4, 0.5) is 5.69 Å². The lowest BCUT2D eigenvalue weighted by Crippen LogP contribution is -1.97.